The molecular formula is C10H9BrF5NO. The van der Waals surface area contributed by atoms with Crippen LogP contribution in [-0.4, -0.2) is 19.2 Å². The standard InChI is InChI=1S/C10H9BrF5NO/c1-18-5-2-3-6(7(11)4-5)8(17)9(12,13)10(14,15)16/h2-4,8H,17H2,1H3. The second kappa shape index (κ2) is 5.00. The summed E-state index contributed by atoms with van der Waals surface area (Å²) in [7, 11) is 1.34. The summed E-state index contributed by atoms with van der Waals surface area (Å²) in [6.07, 6.45) is -5.70. The number of nitrogens with two attached hydrogens (primary N) is 1. The van der Waals surface area contributed by atoms with Gasteiger partial charge in [-0.05, 0) is 17.7 Å². The number of alkyl halides is 5. The topological polar surface area (TPSA) is 35.2 Å². The molecule has 0 aliphatic rings. The van der Waals surface area contributed by atoms with Gasteiger partial charge in [-0.3, -0.25) is 0 Å². The second-order valence-corrected chi connectivity index (χ2v) is 4.34. The largest absolute Gasteiger partial charge is 0.497 e. The first-order valence-electron chi connectivity index (χ1n) is 4.64. The molecule has 102 valence electrons. The third kappa shape index (κ3) is 2.74. The van der Waals surface area contributed by atoms with Gasteiger partial charge in [-0.2, -0.15) is 22.0 Å². The van der Waals surface area contributed by atoms with Gasteiger partial charge in [0.15, 0.2) is 0 Å². The maximum absolute atomic E-state index is 13.1. The number of rotatable bonds is 3. The van der Waals surface area contributed by atoms with E-state index in [1.54, 1.807) is 0 Å². The maximum Gasteiger partial charge on any atom is 0.455 e. The number of hydrogen-bond acceptors (Lipinski definition) is 2. The average Bonchev–Trinajstić information content (AvgIpc) is 2.26. The lowest BCUT2D eigenvalue weighted by Gasteiger charge is -2.26. The minimum atomic E-state index is -5.70. The van der Waals surface area contributed by atoms with Crippen LogP contribution in [0.25, 0.3) is 0 Å². The molecule has 1 atom stereocenters. The summed E-state index contributed by atoms with van der Waals surface area (Å²) in [6, 6.07) is 1.10. The molecule has 1 rings (SSSR count). The fourth-order valence-corrected chi connectivity index (χ4v) is 1.86. The Morgan fingerprint density at radius 2 is 1.78 bits per heavy atom. The van der Waals surface area contributed by atoms with Crippen molar-refractivity contribution < 1.29 is 26.7 Å². The highest BCUT2D eigenvalue weighted by Gasteiger charge is 2.61. The Hall–Kier alpha value is -0.890. The molecular weight excluding hydrogens is 325 g/mol. The molecule has 0 heterocycles. The molecule has 2 nitrogen and oxygen atoms in total. The molecule has 18 heavy (non-hydrogen) atoms. The van der Waals surface area contributed by atoms with E-state index < -0.39 is 18.1 Å². The Morgan fingerprint density at radius 3 is 2.17 bits per heavy atom. The highest BCUT2D eigenvalue weighted by atomic mass is 79.9. The molecule has 8 heteroatoms. The van der Waals surface area contributed by atoms with Gasteiger partial charge in [0.05, 0.1) is 7.11 Å². The number of benzene rings is 1. The van der Waals surface area contributed by atoms with Crippen LogP contribution >= 0.6 is 15.9 Å². The second-order valence-electron chi connectivity index (χ2n) is 3.49. The van der Waals surface area contributed by atoms with Crippen LogP contribution < -0.4 is 10.5 Å². The molecule has 1 unspecified atom stereocenters. The van der Waals surface area contributed by atoms with Gasteiger partial charge in [-0.1, -0.05) is 22.0 Å². The molecule has 0 saturated heterocycles. The molecule has 0 aliphatic carbocycles. The summed E-state index contributed by atoms with van der Waals surface area (Å²) < 4.78 is 67.5. The highest BCUT2D eigenvalue weighted by molar-refractivity contribution is 9.10. The van der Waals surface area contributed by atoms with Crippen LogP contribution in [0.5, 0.6) is 5.75 Å². The van der Waals surface area contributed by atoms with E-state index in [4.69, 9.17) is 10.5 Å². The van der Waals surface area contributed by atoms with Gasteiger partial charge in [-0.25, -0.2) is 0 Å². The molecule has 0 saturated carbocycles. The summed E-state index contributed by atoms with van der Waals surface area (Å²) >= 11 is 2.89. The van der Waals surface area contributed by atoms with Crippen LogP contribution in [0.2, 0.25) is 0 Å². The number of ether oxygens (including phenoxy) is 1. The quantitative estimate of drug-likeness (QED) is 0.857. The zero-order valence-corrected chi connectivity index (χ0v) is 10.6. The minimum absolute atomic E-state index is 0.0262. The Bertz CT molecular complexity index is 435. The Labute approximate surface area is 108 Å². The van der Waals surface area contributed by atoms with Crippen molar-refractivity contribution in [1.29, 1.82) is 0 Å². The zero-order chi connectivity index (χ0) is 14.1. The number of hydrogen-bond donors (Lipinski definition) is 1. The highest BCUT2D eigenvalue weighted by Crippen LogP contribution is 2.45. The van der Waals surface area contributed by atoms with Crippen molar-refractivity contribution in [2.75, 3.05) is 7.11 Å². The summed E-state index contributed by atoms with van der Waals surface area (Å²) in [5.74, 6) is -4.70. The molecule has 0 radical (unpaired) electrons. The van der Waals surface area contributed by atoms with Crippen molar-refractivity contribution in [3.05, 3.63) is 28.2 Å². The van der Waals surface area contributed by atoms with Gasteiger partial charge in [0.1, 0.15) is 11.8 Å². The fourth-order valence-electron chi connectivity index (χ4n) is 1.26. The van der Waals surface area contributed by atoms with E-state index in [2.05, 4.69) is 15.9 Å². The van der Waals surface area contributed by atoms with Crippen LogP contribution in [0.1, 0.15) is 11.6 Å². The van der Waals surface area contributed by atoms with Crippen LogP contribution in [0.4, 0.5) is 22.0 Å². The lowest BCUT2D eigenvalue weighted by molar-refractivity contribution is -0.291. The van der Waals surface area contributed by atoms with E-state index in [9.17, 15) is 22.0 Å². The minimum Gasteiger partial charge on any atom is -0.497 e. The summed E-state index contributed by atoms with van der Waals surface area (Å²) in [5, 5.41) is 0. The molecule has 1 aromatic carbocycles. The summed E-state index contributed by atoms with van der Waals surface area (Å²) in [5.41, 5.74) is 4.66. The Kier molecular flexibility index (Phi) is 4.22. The Morgan fingerprint density at radius 1 is 1.22 bits per heavy atom. The SMILES string of the molecule is COc1ccc(C(N)C(F)(F)C(F)(F)F)c(Br)c1. The lowest BCUT2D eigenvalue weighted by Crippen LogP contribution is -2.45. The first kappa shape index (κ1) is 15.2. The molecule has 2 N–H and O–H groups in total. The van der Waals surface area contributed by atoms with E-state index in [1.807, 2.05) is 0 Å². The van der Waals surface area contributed by atoms with E-state index in [-0.39, 0.29) is 10.0 Å². The van der Waals surface area contributed by atoms with Gasteiger partial charge in [0.2, 0.25) is 0 Å². The molecule has 0 amide bonds. The van der Waals surface area contributed by atoms with E-state index in [1.165, 1.54) is 19.2 Å². The maximum atomic E-state index is 13.1. The first-order chi connectivity index (χ1) is 8.11. The van der Waals surface area contributed by atoms with Crippen molar-refractivity contribution in [2.24, 2.45) is 5.73 Å². The van der Waals surface area contributed by atoms with Crippen molar-refractivity contribution >= 4 is 15.9 Å². The number of methoxy groups -OCH3 is 1. The third-order valence-electron chi connectivity index (χ3n) is 2.31. The van der Waals surface area contributed by atoms with E-state index in [0.717, 1.165) is 6.07 Å². The van der Waals surface area contributed by atoms with Crippen LogP contribution in [0, 0.1) is 0 Å². The summed E-state index contributed by atoms with van der Waals surface area (Å²) in [4.78, 5) is 0. The molecule has 0 spiro atoms. The lowest BCUT2D eigenvalue weighted by atomic mass is 10.0. The van der Waals surface area contributed by atoms with Crippen molar-refractivity contribution in [3.63, 3.8) is 0 Å². The van der Waals surface area contributed by atoms with Gasteiger partial charge >= 0.3 is 12.1 Å². The van der Waals surface area contributed by atoms with Crippen LogP contribution in [0.15, 0.2) is 22.7 Å². The molecule has 0 aliphatic heterocycles. The molecule has 0 bridgehead atoms. The van der Waals surface area contributed by atoms with Crippen LogP contribution in [-0.2, 0) is 0 Å². The van der Waals surface area contributed by atoms with Crippen LogP contribution in [0.3, 0.4) is 0 Å². The van der Waals surface area contributed by atoms with Gasteiger partial charge in [0, 0.05) is 4.47 Å². The molecule has 1 aromatic rings. The van der Waals surface area contributed by atoms with Gasteiger partial charge in [-0.15, -0.1) is 0 Å². The zero-order valence-electron chi connectivity index (χ0n) is 9.06. The number of halogens is 6. The molecule has 0 aromatic heterocycles. The fraction of sp³-hybridized carbons (Fsp3) is 0.400. The summed E-state index contributed by atoms with van der Waals surface area (Å²) in [6.45, 7) is 0. The molecule has 0 fully saturated rings. The predicted octanol–water partition coefficient (Wildman–Crippen LogP) is 3.66. The Balaban J connectivity index is 3.15. The average molecular weight is 334 g/mol. The third-order valence-corrected chi connectivity index (χ3v) is 3.00. The van der Waals surface area contributed by atoms with Crippen molar-refractivity contribution in [1.82, 2.24) is 0 Å². The van der Waals surface area contributed by atoms with Gasteiger partial charge in [0.25, 0.3) is 0 Å². The van der Waals surface area contributed by atoms with Gasteiger partial charge < -0.3 is 10.5 Å². The smallest absolute Gasteiger partial charge is 0.455 e. The normalized spacial score (nSPS) is 14.4. The first-order valence-corrected chi connectivity index (χ1v) is 5.44. The van der Waals surface area contributed by atoms with E-state index >= 15 is 0 Å². The van der Waals surface area contributed by atoms with Crippen molar-refractivity contribution in [2.45, 2.75) is 18.1 Å². The van der Waals surface area contributed by atoms with Crippen molar-refractivity contribution in [3.8, 4) is 5.75 Å². The monoisotopic (exact) mass is 333 g/mol. The van der Waals surface area contributed by atoms with E-state index in [0.29, 0.717) is 5.75 Å². The predicted molar refractivity (Wildman–Crippen MR) is 58.6 cm³/mol.